The van der Waals surface area contributed by atoms with Gasteiger partial charge in [0.05, 0.1) is 6.61 Å². The maximum absolute atomic E-state index is 5.52. The van der Waals surface area contributed by atoms with Gasteiger partial charge >= 0.3 is 0 Å². The summed E-state index contributed by atoms with van der Waals surface area (Å²) in [5.74, 6) is 0. The number of hydrogen-bond acceptors (Lipinski definition) is 4. The van der Waals surface area contributed by atoms with Gasteiger partial charge < -0.3 is 10.1 Å². The lowest BCUT2D eigenvalue weighted by Crippen LogP contribution is -2.50. The number of piperazine rings is 1. The molecule has 1 aliphatic heterocycles. The molecule has 0 aromatic heterocycles. The molecule has 1 rings (SSSR count). The zero-order valence-corrected chi connectivity index (χ0v) is 13.2. The summed E-state index contributed by atoms with van der Waals surface area (Å²) < 4.78 is 5.52. The first kappa shape index (κ1) is 16.9. The van der Waals surface area contributed by atoms with Crippen LogP contribution in [-0.2, 0) is 4.74 Å². The molecule has 0 amide bonds. The van der Waals surface area contributed by atoms with Crippen molar-refractivity contribution in [3.63, 3.8) is 0 Å². The smallest absolute Gasteiger partial charge is 0.0590 e. The Kier molecular flexibility index (Phi) is 9.43. The second kappa shape index (κ2) is 10.6. The molecule has 0 aromatic carbocycles. The van der Waals surface area contributed by atoms with Crippen LogP contribution in [-0.4, -0.2) is 74.9 Å². The SMILES string of the molecule is CCCCOCCNCCN1CCN(C(C)C)CC1. The highest BCUT2D eigenvalue weighted by Crippen LogP contribution is 2.04. The van der Waals surface area contributed by atoms with Gasteiger partial charge in [0.25, 0.3) is 0 Å². The lowest BCUT2D eigenvalue weighted by molar-refractivity contribution is 0.107. The molecule has 19 heavy (non-hydrogen) atoms. The van der Waals surface area contributed by atoms with Crippen LogP contribution in [0.4, 0.5) is 0 Å². The molecule has 1 heterocycles. The summed E-state index contributed by atoms with van der Waals surface area (Å²) in [6.07, 6.45) is 2.40. The minimum atomic E-state index is 0.695. The van der Waals surface area contributed by atoms with E-state index in [1.807, 2.05) is 0 Å². The van der Waals surface area contributed by atoms with Crippen LogP contribution in [0.25, 0.3) is 0 Å². The first-order chi connectivity index (χ1) is 9.24. The third-order valence-electron chi connectivity index (χ3n) is 3.81. The average Bonchev–Trinajstić information content (AvgIpc) is 2.42. The van der Waals surface area contributed by atoms with Gasteiger partial charge in [0.15, 0.2) is 0 Å². The highest BCUT2D eigenvalue weighted by atomic mass is 16.5. The van der Waals surface area contributed by atoms with Gasteiger partial charge in [-0.2, -0.15) is 0 Å². The van der Waals surface area contributed by atoms with E-state index in [0.29, 0.717) is 6.04 Å². The fourth-order valence-corrected chi connectivity index (χ4v) is 2.36. The van der Waals surface area contributed by atoms with E-state index in [2.05, 4.69) is 35.9 Å². The minimum Gasteiger partial charge on any atom is -0.380 e. The Bertz CT molecular complexity index is 204. The van der Waals surface area contributed by atoms with Gasteiger partial charge in [-0.15, -0.1) is 0 Å². The predicted octanol–water partition coefficient (Wildman–Crippen LogP) is 1.42. The molecule has 0 radical (unpaired) electrons. The quantitative estimate of drug-likeness (QED) is 0.608. The molecular formula is C15H33N3O. The van der Waals surface area contributed by atoms with Gasteiger partial charge in [0.2, 0.25) is 0 Å². The molecule has 4 heteroatoms. The largest absolute Gasteiger partial charge is 0.380 e. The fourth-order valence-electron chi connectivity index (χ4n) is 2.36. The zero-order valence-electron chi connectivity index (χ0n) is 13.2. The van der Waals surface area contributed by atoms with Crippen molar-refractivity contribution in [3.8, 4) is 0 Å². The van der Waals surface area contributed by atoms with Crippen LogP contribution >= 0.6 is 0 Å². The van der Waals surface area contributed by atoms with E-state index in [0.717, 1.165) is 26.3 Å². The Morgan fingerprint density at radius 1 is 1.05 bits per heavy atom. The van der Waals surface area contributed by atoms with E-state index in [4.69, 9.17) is 4.74 Å². The first-order valence-corrected chi connectivity index (χ1v) is 7.99. The van der Waals surface area contributed by atoms with Crippen molar-refractivity contribution in [3.05, 3.63) is 0 Å². The van der Waals surface area contributed by atoms with Crippen LogP contribution in [0, 0.1) is 0 Å². The van der Waals surface area contributed by atoms with Gasteiger partial charge in [-0.25, -0.2) is 0 Å². The maximum Gasteiger partial charge on any atom is 0.0590 e. The molecule has 1 N–H and O–H groups in total. The maximum atomic E-state index is 5.52. The molecular weight excluding hydrogens is 238 g/mol. The Balaban J connectivity index is 1.88. The molecule has 1 aliphatic rings. The van der Waals surface area contributed by atoms with Crippen molar-refractivity contribution in [2.24, 2.45) is 0 Å². The number of nitrogens with zero attached hydrogens (tertiary/aromatic N) is 2. The highest BCUT2D eigenvalue weighted by Gasteiger charge is 2.17. The second-order valence-electron chi connectivity index (χ2n) is 5.69. The second-order valence-corrected chi connectivity index (χ2v) is 5.69. The lowest BCUT2D eigenvalue weighted by Gasteiger charge is -2.36. The van der Waals surface area contributed by atoms with E-state index in [-0.39, 0.29) is 0 Å². The number of nitrogens with one attached hydrogen (secondary N) is 1. The number of unbranched alkanes of at least 4 members (excludes halogenated alkanes) is 1. The number of hydrogen-bond donors (Lipinski definition) is 1. The van der Waals surface area contributed by atoms with Gasteiger partial charge in [0.1, 0.15) is 0 Å². The first-order valence-electron chi connectivity index (χ1n) is 7.99. The summed E-state index contributed by atoms with van der Waals surface area (Å²) in [5, 5.41) is 3.46. The molecule has 4 nitrogen and oxygen atoms in total. The topological polar surface area (TPSA) is 27.7 Å². The molecule has 0 unspecified atom stereocenters. The van der Waals surface area contributed by atoms with Crippen molar-refractivity contribution in [1.29, 1.82) is 0 Å². The molecule has 1 fully saturated rings. The van der Waals surface area contributed by atoms with E-state index in [9.17, 15) is 0 Å². The predicted molar refractivity (Wildman–Crippen MR) is 81.7 cm³/mol. The average molecular weight is 271 g/mol. The lowest BCUT2D eigenvalue weighted by atomic mass is 10.2. The third kappa shape index (κ3) is 7.88. The standard InChI is InChI=1S/C15H33N3O/c1-4-5-13-19-14-7-16-6-8-17-9-11-18(12-10-17)15(2)3/h15-16H,4-14H2,1-3H3. The van der Waals surface area contributed by atoms with Gasteiger partial charge in [-0.3, -0.25) is 9.80 Å². The van der Waals surface area contributed by atoms with Crippen molar-refractivity contribution < 1.29 is 4.74 Å². The van der Waals surface area contributed by atoms with E-state index in [1.165, 1.54) is 45.6 Å². The molecule has 0 bridgehead atoms. The third-order valence-corrected chi connectivity index (χ3v) is 3.81. The van der Waals surface area contributed by atoms with Gasteiger partial charge in [-0.1, -0.05) is 13.3 Å². The normalized spacial score (nSPS) is 18.3. The summed E-state index contributed by atoms with van der Waals surface area (Å²) in [5.41, 5.74) is 0. The highest BCUT2D eigenvalue weighted by molar-refractivity contribution is 4.74. The molecule has 0 saturated carbocycles. The summed E-state index contributed by atoms with van der Waals surface area (Å²) in [6, 6.07) is 0.695. The van der Waals surface area contributed by atoms with Crippen LogP contribution in [0.15, 0.2) is 0 Å². The van der Waals surface area contributed by atoms with E-state index < -0.39 is 0 Å². The van der Waals surface area contributed by atoms with Crippen molar-refractivity contribution in [2.45, 2.75) is 39.7 Å². The van der Waals surface area contributed by atoms with Crippen LogP contribution in [0.3, 0.4) is 0 Å². The molecule has 114 valence electrons. The Morgan fingerprint density at radius 3 is 2.42 bits per heavy atom. The summed E-state index contributed by atoms with van der Waals surface area (Å²) in [7, 11) is 0. The molecule has 0 aliphatic carbocycles. The summed E-state index contributed by atoms with van der Waals surface area (Å²) in [6.45, 7) is 16.6. The Morgan fingerprint density at radius 2 is 1.79 bits per heavy atom. The van der Waals surface area contributed by atoms with Crippen molar-refractivity contribution in [1.82, 2.24) is 15.1 Å². The van der Waals surface area contributed by atoms with Crippen LogP contribution < -0.4 is 5.32 Å². The van der Waals surface area contributed by atoms with Crippen molar-refractivity contribution in [2.75, 3.05) is 59.0 Å². The van der Waals surface area contributed by atoms with Crippen molar-refractivity contribution >= 4 is 0 Å². The molecule has 0 atom stereocenters. The van der Waals surface area contributed by atoms with E-state index >= 15 is 0 Å². The van der Waals surface area contributed by atoms with Crippen LogP contribution in [0.2, 0.25) is 0 Å². The summed E-state index contributed by atoms with van der Waals surface area (Å²) >= 11 is 0. The zero-order chi connectivity index (χ0) is 13.9. The van der Waals surface area contributed by atoms with E-state index in [1.54, 1.807) is 0 Å². The Hall–Kier alpha value is -0.160. The minimum absolute atomic E-state index is 0.695. The van der Waals surface area contributed by atoms with Gasteiger partial charge in [0, 0.05) is 58.5 Å². The van der Waals surface area contributed by atoms with Crippen LogP contribution in [0.5, 0.6) is 0 Å². The fraction of sp³-hybridized carbons (Fsp3) is 1.00. The van der Waals surface area contributed by atoms with Gasteiger partial charge in [-0.05, 0) is 20.3 Å². The number of ether oxygens (including phenoxy) is 1. The van der Waals surface area contributed by atoms with Crippen LogP contribution in [0.1, 0.15) is 33.6 Å². The molecule has 0 spiro atoms. The monoisotopic (exact) mass is 271 g/mol. The molecule has 0 aromatic rings. The Labute approximate surface area is 119 Å². The number of rotatable bonds is 10. The molecule has 1 saturated heterocycles. The summed E-state index contributed by atoms with van der Waals surface area (Å²) in [4.78, 5) is 5.12.